The molecule has 0 aliphatic carbocycles. The second-order valence-electron chi connectivity index (χ2n) is 5.67. The van der Waals surface area contributed by atoms with E-state index in [4.69, 9.17) is 4.42 Å². The molecule has 21 heavy (non-hydrogen) atoms. The van der Waals surface area contributed by atoms with Gasteiger partial charge in [0.15, 0.2) is 0 Å². The zero-order valence-corrected chi connectivity index (χ0v) is 12.6. The van der Waals surface area contributed by atoms with E-state index in [0.717, 1.165) is 18.5 Å². The fourth-order valence-corrected chi connectivity index (χ4v) is 2.70. The van der Waals surface area contributed by atoms with Crippen molar-refractivity contribution in [2.45, 2.75) is 32.9 Å². The molecule has 2 nitrogen and oxygen atoms in total. The first-order valence-corrected chi connectivity index (χ1v) is 7.47. The van der Waals surface area contributed by atoms with E-state index >= 15 is 0 Å². The lowest BCUT2D eigenvalue weighted by Gasteiger charge is -2.15. The number of hydrogen-bond acceptors (Lipinski definition) is 2. The van der Waals surface area contributed by atoms with Gasteiger partial charge in [-0.2, -0.15) is 0 Å². The Morgan fingerprint density at radius 2 is 1.76 bits per heavy atom. The molecule has 3 aromatic rings. The van der Waals surface area contributed by atoms with E-state index in [1.807, 2.05) is 18.4 Å². The Morgan fingerprint density at radius 1 is 1.00 bits per heavy atom. The van der Waals surface area contributed by atoms with Crippen molar-refractivity contribution in [3.63, 3.8) is 0 Å². The molecule has 0 fully saturated rings. The summed E-state index contributed by atoms with van der Waals surface area (Å²) in [6, 6.07) is 17.2. The summed E-state index contributed by atoms with van der Waals surface area (Å²) in [5.41, 5.74) is 4.96. The van der Waals surface area contributed by atoms with Crippen LogP contribution in [0.25, 0.3) is 11.0 Å². The third kappa shape index (κ3) is 3.17. The van der Waals surface area contributed by atoms with Crippen LogP contribution in [0.2, 0.25) is 0 Å². The van der Waals surface area contributed by atoms with Gasteiger partial charge in [0.1, 0.15) is 5.58 Å². The van der Waals surface area contributed by atoms with Gasteiger partial charge in [-0.05, 0) is 37.5 Å². The minimum absolute atomic E-state index is 0.430. The topological polar surface area (TPSA) is 25.2 Å². The smallest absolute Gasteiger partial charge is 0.134 e. The Labute approximate surface area is 125 Å². The van der Waals surface area contributed by atoms with Crippen molar-refractivity contribution in [3.8, 4) is 0 Å². The van der Waals surface area contributed by atoms with Crippen LogP contribution in [0, 0.1) is 6.92 Å². The van der Waals surface area contributed by atoms with E-state index < -0.39 is 0 Å². The summed E-state index contributed by atoms with van der Waals surface area (Å²) in [4.78, 5) is 0. The van der Waals surface area contributed by atoms with E-state index in [1.54, 1.807) is 0 Å². The van der Waals surface area contributed by atoms with Gasteiger partial charge < -0.3 is 9.73 Å². The number of fused-ring (bicyclic) bond motifs is 1. The molecule has 0 saturated carbocycles. The van der Waals surface area contributed by atoms with E-state index in [1.165, 1.54) is 22.1 Å². The number of nitrogens with one attached hydrogen (secondary N) is 1. The lowest BCUT2D eigenvalue weighted by Crippen LogP contribution is -2.27. The summed E-state index contributed by atoms with van der Waals surface area (Å²) in [6.45, 7) is 5.24. The number of para-hydroxylation sites is 1. The van der Waals surface area contributed by atoms with Crippen LogP contribution in [-0.2, 0) is 13.0 Å². The van der Waals surface area contributed by atoms with Crippen LogP contribution in [-0.4, -0.2) is 6.04 Å². The maximum Gasteiger partial charge on any atom is 0.134 e. The van der Waals surface area contributed by atoms with Crippen LogP contribution in [0.4, 0.5) is 0 Å². The van der Waals surface area contributed by atoms with E-state index in [-0.39, 0.29) is 0 Å². The predicted molar refractivity (Wildman–Crippen MR) is 87.4 cm³/mol. The fourth-order valence-electron chi connectivity index (χ4n) is 2.70. The number of benzene rings is 2. The molecule has 0 aliphatic rings. The Kier molecular flexibility index (Phi) is 4.07. The van der Waals surface area contributed by atoms with Gasteiger partial charge in [0.05, 0.1) is 6.26 Å². The molecule has 0 saturated heterocycles. The van der Waals surface area contributed by atoms with Gasteiger partial charge in [0.25, 0.3) is 0 Å². The molecule has 0 amide bonds. The first kappa shape index (κ1) is 13.9. The van der Waals surface area contributed by atoms with E-state index in [0.29, 0.717) is 6.04 Å². The largest absolute Gasteiger partial charge is 0.464 e. The molecule has 0 radical (unpaired) electrons. The molecule has 1 aromatic heterocycles. The van der Waals surface area contributed by atoms with Gasteiger partial charge in [-0.25, -0.2) is 0 Å². The molecule has 0 spiro atoms. The Bertz CT molecular complexity index is 729. The van der Waals surface area contributed by atoms with Gasteiger partial charge >= 0.3 is 0 Å². The zero-order valence-electron chi connectivity index (χ0n) is 12.6. The van der Waals surface area contributed by atoms with Crippen LogP contribution >= 0.6 is 0 Å². The number of furan rings is 1. The van der Waals surface area contributed by atoms with Gasteiger partial charge in [-0.15, -0.1) is 0 Å². The average Bonchev–Trinajstić information content (AvgIpc) is 2.91. The van der Waals surface area contributed by atoms with Gasteiger partial charge in [0, 0.05) is 23.5 Å². The lowest BCUT2D eigenvalue weighted by atomic mass is 10.0. The molecular weight excluding hydrogens is 258 g/mol. The highest BCUT2D eigenvalue weighted by molar-refractivity contribution is 5.80. The number of rotatable bonds is 5. The maximum absolute atomic E-state index is 5.58. The molecule has 1 atom stereocenters. The SMILES string of the molecule is Cc1ccccc1CC(C)NCc1coc2ccccc12. The van der Waals surface area contributed by atoms with Gasteiger partial charge in [0.2, 0.25) is 0 Å². The van der Waals surface area contributed by atoms with E-state index in [9.17, 15) is 0 Å². The first-order valence-electron chi connectivity index (χ1n) is 7.47. The van der Waals surface area contributed by atoms with Crippen LogP contribution in [0.15, 0.2) is 59.2 Å². The zero-order chi connectivity index (χ0) is 14.7. The highest BCUT2D eigenvalue weighted by Crippen LogP contribution is 2.20. The molecular formula is C19H21NO. The first-order chi connectivity index (χ1) is 10.2. The predicted octanol–water partition coefficient (Wildman–Crippen LogP) is 4.46. The maximum atomic E-state index is 5.58. The highest BCUT2D eigenvalue weighted by Gasteiger charge is 2.08. The molecule has 0 bridgehead atoms. The summed E-state index contributed by atoms with van der Waals surface area (Å²) in [5.74, 6) is 0. The summed E-state index contributed by atoms with van der Waals surface area (Å²) in [7, 11) is 0. The standard InChI is InChI=1S/C19H21NO/c1-14-7-3-4-8-16(14)11-15(2)20-12-17-13-21-19-10-6-5-9-18(17)19/h3-10,13,15,20H,11-12H2,1-2H3. The van der Waals surface area contributed by atoms with Crippen LogP contribution in [0.5, 0.6) is 0 Å². The molecule has 0 aliphatic heterocycles. The normalized spacial score (nSPS) is 12.7. The Morgan fingerprint density at radius 3 is 2.62 bits per heavy atom. The monoisotopic (exact) mass is 279 g/mol. The Hall–Kier alpha value is -2.06. The van der Waals surface area contributed by atoms with Crippen molar-refractivity contribution in [1.29, 1.82) is 0 Å². The molecule has 2 aromatic carbocycles. The Balaban J connectivity index is 1.63. The molecule has 2 heteroatoms. The van der Waals surface area contributed by atoms with Crippen molar-refractivity contribution in [3.05, 3.63) is 71.5 Å². The second-order valence-corrected chi connectivity index (χ2v) is 5.67. The molecule has 108 valence electrons. The average molecular weight is 279 g/mol. The third-order valence-corrected chi connectivity index (χ3v) is 3.99. The van der Waals surface area contributed by atoms with Crippen molar-refractivity contribution < 1.29 is 4.42 Å². The summed E-state index contributed by atoms with van der Waals surface area (Å²) >= 11 is 0. The van der Waals surface area contributed by atoms with Crippen molar-refractivity contribution in [2.75, 3.05) is 0 Å². The van der Waals surface area contributed by atoms with Crippen LogP contribution < -0.4 is 5.32 Å². The van der Waals surface area contributed by atoms with Gasteiger partial charge in [-0.1, -0.05) is 42.5 Å². The minimum Gasteiger partial charge on any atom is -0.464 e. The van der Waals surface area contributed by atoms with Crippen molar-refractivity contribution in [2.24, 2.45) is 0 Å². The molecule has 1 N–H and O–H groups in total. The quantitative estimate of drug-likeness (QED) is 0.746. The third-order valence-electron chi connectivity index (χ3n) is 3.99. The number of hydrogen-bond donors (Lipinski definition) is 1. The summed E-state index contributed by atoms with van der Waals surface area (Å²) in [6.07, 6.45) is 2.90. The molecule has 1 heterocycles. The second kappa shape index (κ2) is 6.15. The highest BCUT2D eigenvalue weighted by atomic mass is 16.3. The molecule has 1 unspecified atom stereocenters. The van der Waals surface area contributed by atoms with Gasteiger partial charge in [-0.3, -0.25) is 0 Å². The van der Waals surface area contributed by atoms with Crippen LogP contribution in [0.1, 0.15) is 23.6 Å². The fraction of sp³-hybridized carbons (Fsp3) is 0.263. The van der Waals surface area contributed by atoms with Crippen molar-refractivity contribution >= 4 is 11.0 Å². The summed E-state index contributed by atoms with van der Waals surface area (Å²) in [5, 5.41) is 4.79. The lowest BCUT2D eigenvalue weighted by molar-refractivity contribution is 0.538. The molecule has 3 rings (SSSR count). The number of aryl methyl sites for hydroxylation is 1. The van der Waals surface area contributed by atoms with E-state index in [2.05, 4.69) is 55.6 Å². The minimum atomic E-state index is 0.430. The summed E-state index contributed by atoms with van der Waals surface area (Å²) < 4.78 is 5.58. The van der Waals surface area contributed by atoms with Crippen molar-refractivity contribution in [1.82, 2.24) is 5.32 Å². The van der Waals surface area contributed by atoms with Crippen LogP contribution in [0.3, 0.4) is 0 Å².